The van der Waals surface area contributed by atoms with Crippen LogP contribution in [-0.2, 0) is 21.7 Å². The maximum atomic E-state index is 16.0. The third-order valence-electron chi connectivity index (χ3n) is 7.76. The second-order valence-corrected chi connectivity index (χ2v) is 11.0. The normalized spacial score (nSPS) is 24.6. The maximum absolute atomic E-state index is 16.0. The molecule has 2 aliphatic heterocycles. The SMILES string of the molecule is CC1(C)CN(Cc2ccc(Cl)cc2)CCC1(O)c1ccc2ncc(C3CCC(=O)NC3=O)cc2c1F. The van der Waals surface area contributed by atoms with Crippen LogP contribution < -0.4 is 5.32 Å². The standard InChI is InChI=1S/C28H29ClFN3O3/c1-27(2)16-33(15-17-3-5-19(29)6-4-17)12-11-28(27,36)22-8-9-23-21(25(22)30)13-18(14-31-23)20-7-10-24(34)32-26(20)35/h3-6,8-9,13-14,20,36H,7,10-12,15-16H2,1-2H3,(H,32,34,35). The van der Waals surface area contributed by atoms with Gasteiger partial charge in [-0.2, -0.15) is 0 Å². The highest BCUT2D eigenvalue weighted by molar-refractivity contribution is 6.30. The van der Waals surface area contributed by atoms with Gasteiger partial charge in [-0.15, -0.1) is 0 Å². The van der Waals surface area contributed by atoms with E-state index in [-0.39, 0.29) is 23.3 Å². The Morgan fingerprint density at radius 2 is 1.94 bits per heavy atom. The molecule has 0 aliphatic carbocycles. The van der Waals surface area contributed by atoms with Gasteiger partial charge in [-0.3, -0.25) is 24.8 Å². The first-order valence-electron chi connectivity index (χ1n) is 12.2. The highest BCUT2D eigenvalue weighted by atomic mass is 35.5. The molecule has 0 radical (unpaired) electrons. The molecule has 8 heteroatoms. The molecule has 2 unspecified atom stereocenters. The van der Waals surface area contributed by atoms with Gasteiger partial charge in [0.1, 0.15) is 5.82 Å². The van der Waals surface area contributed by atoms with Gasteiger partial charge in [0, 0.05) is 53.6 Å². The van der Waals surface area contributed by atoms with Crippen molar-refractivity contribution in [2.45, 2.75) is 51.2 Å². The van der Waals surface area contributed by atoms with Gasteiger partial charge in [-0.1, -0.05) is 43.6 Å². The number of rotatable bonds is 4. The Kier molecular flexibility index (Phi) is 6.35. The second kappa shape index (κ2) is 9.21. The van der Waals surface area contributed by atoms with Gasteiger partial charge in [-0.25, -0.2) is 4.39 Å². The molecule has 3 heterocycles. The number of carbonyl (C=O) groups is 2. The van der Waals surface area contributed by atoms with Crippen molar-refractivity contribution in [3.05, 3.63) is 76.2 Å². The lowest BCUT2D eigenvalue weighted by Gasteiger charge is -2.50. The highest BCUT2D eigenvalue weighted by Gasteiger charge is 2.50. The van der Waals surface area contributed by atoms with E-state index in [0.717, 1.165) is 12.1 Å². The van der Waals surface area contributed by atoms with Crippen LogP contribution in [0.2, 0.25) is 5.02 Å². The summed E-state index contributed by atoms with van der Waals surface area (Å²) >= 11 is 6.01. The molecule has 2 aromatic carbocycles. The van der Waals surface area contributed by atoms with Crippen LogP contribution in [0.3, 0.4) is 0 Å². The quantitative estimate of drug-likeness (QED) is 0.499. The molecule has 2 aliphatic rings. The number of carbonyl (C=O) groups excluding carboxylic acids is 2. The minimum absolute atomic E-state index is 0.234. The topological polar surface area (TPSA) is 82.5 Å². The zero-order chi connectivity index (χ0) is 25.7. The number of amides is 2. The minimum Gasteiger partial charge on any atom is -0.384 e. The number of likely N-dealkylation sites (tertiary alicyclic amines) is 1. The third-order valence-corrected chi connectivity index (χ3v) is 8.01. The van der Waals surface area contributed by atoms with E-state index in [1.165, 1.54) is 0 Å². The molecule has 6 nitrogen and oxygen atoms in total. The van der Waals surface area contributed by atoms with E-state index < -0.39 is 28.7 Å². The van der Waals surface area contributed by atoms with Crippen LogP contribution >= 0.6 is 11.6 Å². The Labute approximate surface area is 214 Å². The summed E-state index contributed by atoms with van der Waals surface area (Å²) in [6.07, 6.45) is 2.53. The number of imide groups is 1. The molecule has 2 amide bonds. The second-order valence-electron chi connectivity index (χ2n) is 10.6. The predicted octanol–water partition coefficient (Wildman–Crippen LogP) is 4.67. The van der Waals surface area contributed by atoms with Crippen molar-refractivity contribution in [2.75, 3.05) is 13.1 Å². The monoisotopic (exact) mass is 509 g/mol. The molecular weight excluding hydrogens is 481 g/mol. The smallest absolute Gasteiger partial charge is 0.234 e. The van der Waals surface area contributed by atoms with E-state index in [0.29, 0.717) is 42.0 Å². The number of aromatic nitrogens is 1. The molecule has 3 aromatic rings. The largest absolute Gasteiger partial charge is 0.384 e. The molecular formula is C28H29ClFN3O3. The van der Waals surface area contributed by atoms with E-state index in [9.17, 15) is 14.7 Å². The molecule has 2 saturated heterocycles. The van der Waals surface area contributed by atoms with Crippen molar-refractivity contribution in [2.24, 2.45) is 5.41 Å². The van der Waals surface area contributed by atoms with Gasteiger partial charge in [0.15, 0.2) is 0 Å². The molecule has 1 aromatic heterocycles. The van der Waals surface area contributed by atoms with Gasteiger partial charge < -0.3 is 5.11 Å². The van der Waals surface area contributed by atoms with Crippen molar-refractivity contribution in [1.82, 2.24) is 15.2 Å². The number of nitrogens with zero attached hydrogens (tertiary/aromatic N) is 2. The lowest BCUT2D eigenvalue weighted by molar-refractivity contribution is -0.134. The Morgan fingerprint density at radius 1 is 1.19 bits per heavy atom. The third kappa shape index (κ3) is 4.40. The lowest BCUT2D eigenvalue weighted by atomic mass is 9.66. The Hall–Kier alpha value is -2.87. The summed E-state index contributed by atoms with van der Waals surface area (Å²) in [4.78, 5) is 30.5. The summed E-state index contributed by atoms with van der Waals surface area (Å²) in [5, 5.41) is 15.2. The lowest BCUT2D eigenvalue weighted by Crippen LogP contribution is -2.55. The molecule has 2 N–H and O–H groups in total. The number of nitrogens with one attached hydrogen (secondary N) is 1. The Bertz CT molecular complexity index is 1340. The zero-order valence-corrected chi connectivity index (χ0v) is 21.1. The molecule has 2 atom stereocenters. The Morgan fingerprint density at radius 3 is 2.64 bits per heavy atom. The molecule has 5 rings (SSSR count). The summed E-state index contributed by atoms with van der Waals surface area (Å²) in [6, 6.07) is 12.7. The van der Waals surface area contributed by atoms with Gasteiger partial charge >= 0.3 is 0 Å². The van der Waals surface area contributed by atoms with Gasteiger partial charge in [0.2, 0.25) is 11.8 Å². The van der Waals surface area contributed by atoms with E-state index in [1.54, 1.807) is 24.4 Å². The van der Waals surface area contributed by atoms with Crippen LogP contribution in [0.25, 0.3) is 10.9 Å². The molecule has 0 spiro atoms. The molecule has 36 heavy (non-hydrogen) atoms. The number of halogens is 2. The van der Waals surface area contributed by atoms with Crippen LogP contribution in [0.5, 0.6) is 0 Å². The first-order chi connectivity index (χ1) is 17.1. The number of pyridine rings is 1. The van der Waals surface area contributed by atoms with E-state index in [2.05, 4.69) is 15.2 Å². The van der Waals surface area contributed by atoms with Crippen LogP contribution in [0.15, 0.2) is 48.7 Å². The first kappa shape index (κ1) is 24.8. The van der Waals surface area contributed by atoms with Gasteiger partial charge in [0.05, 0.1) is 17.0 Å². The van der Waals surface area contributed by atoms with E-state index in [4.69, 9.17) is 11.6 Å². The highest BCUT2D eigenvalue weighted by Crippen LogP contribution is 2.48. The number of benzene rings is 2. The van der Waals surface area contributed by atoms with E-state index >= 15 is 4.39 Å². The number of hydrogen-bond donors (Lipinski definition) is 2. The minimum atomic E-state index is -1.38. The maximum Gasteiger partial charge on any atom is 0.234 e. The summed E-state index contributed by atoms with van der Waals surface area (Å²) in [5.41, 5.74) is 0.368. The molecule has 188 valence electrons. The summed E-state index contributed by atoms with van der Waals surface area (Å²) in [6.45, 7) is 5.83. The zero-order valence-electron chi connectivity index (χ0n) is 20.4. The van der Waals surface area contributed by atoms with Gasteiger partial charge in [0.25, 0.3) is 0 Å². The predicted molar refractivity (Wildman–Crippen MR) is 136 cm³/mol. The fourth-order valence-corrected chi connectivity index (χ4v) is 5.74. The van der Waals surface area contributed by atoms with Crippen molar-refractivity contribution in [1.29, 1.82) is 0 Å². The van der Waals surface area contributed by atoms with Crippen molar-refractivity contribution in [3.8, 4) is 0 Å². The molecule has 2 fully saturated rings. The first-order valence-corrected chi connectivity index (χ1v) is 12.6. The molecule has 0 saturated carbocycles. The van der Waals surface area contributed by atoms with Crippen LogP contribution in [0.4, 0.5) is 4.39 Å². The average Bonchev–Trinajstić information content (AvgIpc) is 2.83. The molecule has 0 bridgehead atoms. The number of hydrogen-bond acceptors (Lipinski definition) is 5. The van der Waals surface area contributed by atoms with Crippen molar-refractivity contribution in [3.63, 3.8) is 0 Å². The Balaban J connectivity index is 1.44. The van der Waals surface area contributed by atoms with Crippen LogP contribution in [0, 0.1) is 11.2 Å². The number of piperidine rings is 2. The number of aliphatic hydroxyl groups is 1. The van der Waals surface area contributed by atoms with Crippen molar-refractivity contribution >= 4 is 34.3 Å². The summed E-state index contributed by atoms with van der Waals surface area (Å²) in [5.74, 6) is -1.77. The van der Waals surface area contributed by atoms with Gasteiger partial charge in [-0.05, 0) is 48.2 Å². The summed E-state index contributed by atoms with van der Waals surface area (Å²) < 4.78 is 16.0. The average molecular weight is 510 g/mol. The summed E-state index contributed by atoms with van der Waals surface area (Å²) in [7, 11) is 0. The fourth-order valence-electron chi connectivity index (χ4n) is 5.61. The van der Waals surface area contributed by atoms with E-state index in [1.807, 2.05) is 38.1 Å². The fraction of sp³-hybridized carbons (Fsp3) is 0.393. The van der Waals surface area contributed by atoms with Crippen molar-refractivity contribution < 1.29 is 19.1 Å². The van der Waals surface area contributed by atoms with Crippen LogP contribution in [0.1, 0.15) is 55.7 Å². The number of fused-ring (bicyclic) bond motifs is 1. The van der Waals surface area contributed by atoms with Crippen LogP contribution in [-0.4, -0.2) is 39.9 Å².